The lowest BCUT2D eigenvalue weighted by Crippen LogP contribution is -2.30. The maximum atomic E-state index is 11.4. The topological polar surface area (TPSA) is 55.8 Å². The van der Waals surface area contributed by atoms with Gasteiger partial charge < -0.3 is 14.4 Å². The molecule has 5 heteroatoms. The third kappa shape index (κ3) is 2.45. The molecule has 14 heavy (non-hydrogen) atoms. The Kier molecular flexibility index (Phi) is 3.88. The van der Waals surface area contributed by atoms with Gasteiger partial charge in [0.2, 0.25) is 0 Å². The van der Waals surface area contributed by atoms with Gasteiger partial charge in [-0.2, -0.15) is 0 Å². The molecule has 2 atom stereocenters. The molecule has 0 spiro atoms. The molecule has 1 heterocycles. The summed E-state index contributed by atoms with van der Waals surface area (Å²) in [5, 5.41) is 0. The second kappa shape index (κ2) is 4.95. The van der Waals surface area contributed by atoms with Gasteiger partial charge in [0.15, 0.2) is 0 Å². The van der Waals surface area contributed by atoms with E-state index < -0.39 is 0 Å². The van der Waals surface area contributed by atoms with Crippen LogP contribution in [0.5, 0.6) is 0 Å². The first-order chi connectivity index (χ1) is 6.69. The molecule has 0 amide bonds. The molecule has 0 bridgehead atoms. The van der Waals surface area contributed by atoms with Gasteiger partial charge in [0.05, 0.1) is 6.61 Å². The summed E-state index contributed by atoms with van der Waals surface area (Å²) in [5.74, 6) is -0.631. The summed E-state index contributed by atoms with van der Waals surface area (Å²) in [6.45, 7) is 3.66. The van der Waals surface area contributed by atoms with Gasteiger partial charge in [-0.25, -0.2) is 0 Å². The van der Waals surface area contributed by atoms with Gasteiger partial charge >= 0.3 is 5.97 Å². The van der Waals surface area contributed by atoms with Crippen LogP contribution in [-0.2, 0) is 19.1 Å². The number of nitrogens with zero attached hydrogens (tertiary/aromatic N) is 1. The molecule has 1 rings (SSSR count). The standard InChI is InChI=1S/C9H15NO4/c1-3-13-9(12)7-4-10(2)5-8(7)14-6-11/h6-8H,3-5H2,1-2H3/t7-,8-/m0/s1. The summed E-state index contributed by atoms with van der Waals surface area (Å²) in [7, 11) is 1.88. The van der Waals surface area contributed by atoms with Crippen LogP contribution < -0.4 is 0 Å². The van der Waals surface area contributed by atoms with Gasteiger partial charge in [0.25, 0.3) is 6.47 Å². The van der Waals surface area contributed by atoms with Crippen LogP contribution in [0.1, 0.15) is 6.92 Å². The fourth-order valence-electron chi connectivity index (χ4n) is 1.65. The molecule has 0 saturated carbocycles. The maximum absolute atomic E-state index is 11.4. The zero-order valence-corrected chi connectivity index (χ0v) is 8.43. The van der Waals surface area contributed by atoms with Crippen molar-refractivity contribution in [3.05, 3.63) is 0 Å². The summed E-state index contributed by atoms with van der Waals surface area (Å²) in [5.41, 5.74) is 0. The van der Waals surface area contributed by atoms with Crippen LogP contribution in [-0.4, -0.2) is 50.2 Å². The van der Waals surface area contributed by atoms with E-state index in [0.717, 1.165) is 0 Å². The highest BCUT2D eigenvalue weighted by Crippen LogP contribution is 2.19. The molecule has 80 valence electrons. The number of ether oxygens (including phenoxy) is 2. The molecule has 1 aliphatic rings. The van der Waals surface area contributed by atoms with Crippen molar-refractivity contribution in [2.24, 2.45) is 5.92 Å². The van der Waals surface area contributed by atoms with Crippen molar-refractivity contribution in [1.82, 2.24) is 4.90 Å². The predicted octanol–water partition coefficient (Wildman–Crippen LogP) is -0.347. The first-order valence-electron chi connectivity index (χ1n) is 4.63. The average Bonchev–Trinajstić information content (AvgIpc) is 2.48. The van der Waals surface area contributed by atoms with Gasteiger partial charge in [-0.15, -0.1) is 0 Å². The second-order valence-electron chi connectivity index (χ2n) is 3.35. The lowest BCUT2D eigenvalue weighted by molar-refractivity contribution is -0.153. The largest absolute Gasteiger partial charge is 0.466 e. The number of hydrogen-bond acceptors (Lipinski definition) is 5. The van der Waals surface area contributed by atoms with Crippen LogP contribution in [0.3, 0.4) is 0 Å². The minimum absolute atomic E-state index is 0.288. The van der Waals surface area contributed by atoms with Crippen molar-refractivity contribution in [1.29, 1.82) is 0 Å². The Bertz CT molecular complexity index is 219. The first kappa shape index (κ1) is 11.0. The van der Waals surface area contributed by atoms with E-state index in [1.54, 1.807) is 6.92 Å². The zero-order valence-electron chi connectivity index (χ0n) is 8.43. The number of carbonyl (C=O) groups is 2. The van der Waals surface area contributed by atoms with Crippen molar-refractivity contribution in [3.63, 3.8) is 0 Å². The van der Waals surface area contributed by atoms with Gasteiger partial charge in [-0.3, -0.25) is 9.59 Å². The third-order valence-electron chi connectivity index (χ3n) is 2.27. The molecule has 5 nitrogen and oxygen atoms in total. The summed E-state index contributed by atoms with van der Waals surface area (Å²) >= 11 is 0. The maximum Gasteiger partial charge on any atom is 0.314 e. The van der Waals surface area contributed by atoms with E-state index in [9.17, 15) is 9.59 Å². The Balaban J connectivity index is 2.56. The first-order valence-corrected chi connectivity index (χ1v) is 4.63. The van der Waals surface area contributed by atoms with Crippen molar-refractivity contribution in [2.75, 3.05) is 26.7 Å². The molecule has 1 aliphatic heterocycles. The van der Waals surface area contributed by atoms with E-state index in [2.05, 4.69) is 0 Å². The molecule has 1 fully saturated rings. The highest BCUT2D eigenvalue weighted by molar-refractivity contribution is 5.74. The Hall–Kier alpha value is -1.10. The number of rotatable bonds is 4. The summed E-state index contributed by atoms with van der Waals surface area (Å²) in [4.78, 5) is 23.6. The monoisotopic (exact) mass is 201 g/mol. The average molecular weight is 201 g/mol. The fraction of sp³-hybridized carbons (Fsp3) is 0.778. The predicted molar refractivity (Wildman–Crippen MR) is 48.6 cm³/mol. The van der Waals surface area contributed by atoms with E-state index in [-0.39, 0.29) is 18.0 Å². The molecule has 0 aromatic rings. The highest BCUT2D eigenvalue weighted by Gasteiger charge is 2.38. The van der Waals surface area contributed by atoms with Crippen LogP contribution in [0.2, 0.25) is 0 Å². The molecule has 0 radical (unpaired) electrons. The van der Waals surface area contributed by atoms with Crippen LogP contribution in [0.25, 0.3) is 0 Å². The molecule has 0 aliphatic carbocycles. The molecular formula is C9H15NO4. The third-order valence-corrected chi connectivity index (χ3v) is 2.27. The molecule has 0 aromatic heterocycles. The number of esters is 1. The fourth-order valence-corrected chi connectivity index (χ4v) is 1.65. The molecule has 0 aromatic carbocycles. The summed E-state index contributed by atoms with van der Waals surface area (Å²) in [6.07, 6.45) is -0.364. The summed E-state index contributed by atoms with van der Waals surface area (Å²) in [6, 6.07) is 0. The number of carbonyl (C=O) groups excluding carboxylic acids is 2. The van der Waals surface area contributed by atoms with Crippen molar-refractivity contribution in [2.45, 2.75) is 13.0 Å². The van der Waals surface area contributed by atoms with Gasteiger partial charge in [0, 0.05) is 13.1 Å². The van der Waals surface area contributed by atoms with Crippen molar-refractivity contribution in [3.8, 4) is 0 Å². The molecule has 1 saturated heterocycles. The second-order valence-corrected chi connectivity index (χ2v) is 3.35. The molecular weight excluding hydrogens is 186 g/mol. The SMILES string of the molecule is CCOC(=O)[C@H]1CN(C)C[C@@H]1OC=O. The number of hydrogen-bond donors (Lipinski definition) is 0. The van der Waals surface area contributed by atoms with Crippen molar-refractivity contribution < 1.29 is 19.1 Å². The van der Waals surface area contributed by atoms with E-state index in [0.29, 0.717) is 26.2 Å². The van der Waals surface area contributed by atoms with E-state index in [1.165, 1.54) is 0 Å². The van der Waals surface area contributed by atoms with Crippen LogP contribution in [0, 0.1) is 5.92 Å². The zero-order chi connectivity index (χ0) is 10.6. The Labute approximate surface area is 83.0 Å². The van der Waals surface area contributed by atoms with Crippen LogP contribution in [0.15, 0.2) is 0 Å². The molecule has 0 unspecified atom stereocenters. The minimum atomic E-state index is -0.364. The van der Waals surface area contributed by atoms with E-state index in [1.807, 2.05) is 11.9 Å². The van der Waals surface area contributed by atoms with Gasteiger partial charge in [0.1, 0.15) is 12.0 Å². The van der Waals surface area contributed by atoms with Crippen LogP contribution in [0.4, 0.5) is 0 Å². The Morgan fingerprint density at radius 1 is 1.57 bits per heavy atom. The normalized spacial score (nSPS) is 27.3. The van der Waals surface area contributed by atoms with Gasteiger partial charge in [-0.1, -0.05) is 0 Å². The lowest BCUT2D eigenvalue weighted by Gasteiger charge is -2.14. The molecule has 0 N–H and O–H groups in total. The Morgan fingerprint density at radius 3 is 2.86 bits per heavy atom. The van der Waals surface area contributed by atoms with Crippen molar-refractivity contribution >= 4 is 12.4 Å². The summed E-state index contributed by atoms with van der Waals surface area (Å²) < 4.78 is 9.72. The lowest BCUT2D eigenvalue weighted by atomic mass is 10.1. The smallest absolute Gasteiger partial charge is 0.314 e. The quantitative estimate of drug-likeness (QED) is 0.460. The van der Waals surface area contributed by atoms with E-state index in [4.69, 9.17) is 9.47 Å². The number of likely N-dealkylation sites (N-methyl/N-ethyl adjacent to an activating group) is 1. The van der Waals surface area contributed by atoms with Gasteiger partial charge in [-0.05, 0) is 14.0 Å². The Morgan fingerprint density at radius 2 is 2.29 bits per heavy atom. The number of likely N-dealkylation sites (tertiary alicyclic amines) is 1. The minimum Gasteiger partial charge on any atom is -0.466 e. The van der Waals surface area contributed by atoms with E-state index >= 15 is 0 Å². The highest BCUT2D eigenvalue weighted by atomic mass is 16.5. The van der Waals surface area contributed by atoms with Crippen LogP contribution >= 0.6 is 0 Å².